The van der Waals surface area contributed by atoms with E-state index in [2.05, 4.69) is 45.3 Å². The van der Waals surface area contributed by atoms with E-state index in [0.29, 0.717) is 17.4 Å². The third-order valence-electron chi connectivity index (χ3n) is 4.88. The largest absolute Gasteiger partial charge is 0.294 e. The molecule has 0 radical (unpaired) electrons. The van der Waals surface area contributed by atoms with Crippen LogP contribution >= 0.6 is 0 Å². The first kappa shape index (κ1) is 16.3. The normalized spacial score (nSPS) is 11.1. The Bertz CT molecular complexity index is 1370. The monoisotopic (exact) mass is 364 g/mol. The zero-order valence-electron chi connectivity index (χ0n) is 15.0. The molecule has 28 heavy (non-hydrogen) atoms. The average Bonchev–Trinajstić information content (AvgIpc) is 2.76. The maximum atomic E-state index is 12.7. The molecule has 3 aromatic heterocycles. The summed E-state index contributed by atoms with van der Waals surface area (Å²) in [5.41, 5.74) is 3.85. The predicted molar refractivity (Wildman–Crippen MR) is 110 cm³/mol. The Labute approximate surface area is 161 Å². The van der Waals surface area contributed by atoms with Crippen molar-refractivity contribution in [3.05, 3.63) is 102 Å². The van der Waals surface area contributed by atoms with Crippen LogP contribution in [0.2, 0.25) is 0 Å². The molecule has 2 aromatic carbocycles. The summed E-state index contributed by atoms with van der Waals surface area (Å²) in [7, 11) is 0. The van der Waals surface area contributed by atoms with Crippen molar-refractivity contribution in [3.8, 4) is 11.1 Å². The van der Waals surface area contributed by atoms with Gasteiger partial charge in [0.1, 0.15) is 0 Å². The summed E-state index contributed by atoms with van der Waals surface area (Å²) < 4.78 is 1.63. The first-order valence-corrected chi connectivity index (χ1v) is 9.00. The zero-order chi connectivity index (χ0) is 18.9. The lowest BCUT2D eigenvalue weighted by molar-refractivity contribution is 0.748. The highest BCUT2D eigenvalue weighted by Gasteiger charge is 2.06. The van der Waals surface area contributed by atoms with E-state index in [9.17, 15) is 4.79 Å². The molecular formula is C23H16N4O. The molecule has 0 aliphatic rings. The number of hydrogen-bond donors (Lipinski definition) is 0. The summed E-state index contributed by atoms with van der Waals surface area (Å²) in [6.07, 6.45) is 8.48. The van der Waals surface area contributed by atoms with Gasteiger partial charge in [-0.15, -0.1) is 0 Å². The lowest BCUT2D eigenvalue weighted by atomic mass is 10.0. The van der Waals surface area contributed by atoms with Gasteiger partial charge >= 0.3 is 0 Å². The number of aromatic nitrogens is 4. The van der Waals surface area contributed by atoms with Gasteiger partial charge in [0, 0.05) is 24.0 Å². The molecular weight excluding hydrogens is 348 g/mol. The number of rotatable bonds is 3. The quantitative estimate of drug-likeness (QED) is 0.484. The van der Waals surface area contributed by atoms with Crippen LogP contribution in [0.1, 0.15) is 5.56 Å². The molecule has 0 unspecified atom stereocenters. The molecule has 0 saturated carbocycles. The molecule has 0 aliphatic carbocycles. The first-order valence-electron chi connectivity index (χ1n) is 9.00. The van der Waals surface area contributed by atoms with Gasteiger partial charge in [0.05, 0.1) is 30.0 Å². The summed E-state index contributed by atoms with van der Waals surface area (Å²) in [5.74, 6) is 0. The van der Waals surface area contributed by atoms with Crippen LogP contribution < -0.4 is 5.56 Å². The number of fused-ring (bicyclic) bond motifs is 2. The molecule has 3 heterocycles. The van der Waals surface area contributed by atoms with Gasteiger partial charge in [0.2, 0.25) is 0 Å². The Hall–Kier alpha value is -3.86. The molecule has 0 N–H and O–H groups in total. The van der Waals surface area contributed by atoms with E-state index in [0.717, 1.165) is 27.5 Å². The highest BCUT2D eigenvalue weighted by Crippen LogP contribution is 2.25. The lowest BCUT2D eigenvalue weighted by Gasteiger charge is -2.09. The predicted octanol–water partition coefficient (Wildman–Crippen LogP) is 4.06. The van der Waals surface area contributed by atoms with Crippen LogP contribution in [0.4, 0.5) is 0 Å². The molecule has 5 rings (SSSR count). The van der Waals surface area contributed by atoms with E-state index in [-0.39, 0.29) is 5.56 Å². The molecule has 0 amide bonds. The smallest absolute Gasteiger partial charge is 0.261 e. The van der Waals surface area contributed by atoms with Crippen LogP contribution in [0.5, 0.6) is 0 Å². The van der Waals surface area contributed by atoms with Gasteiger partial charge < -0.3 is 0 Å². The average molecular weight is 364 g/mol. The lowest BCUT2D eigenvalue weighted by Crippen LogP contribution is -2.21. The van der Waals surface area contributed by atoms with E-state index in [4.69, 9.17) is 0 Å². The van der Waals surface area contributed by atoms with Crippen molar-refractivity contribution in [3.63, 3.8) is 0 Å². The summed E-state index contributed by atoms with van der Waals surface area (Å²) in [5, 5.41) is 2.85. The molecule has 5 aromatic rings. The topological polar surface area (TPSA) is 60.7 Å². The number of benzene rings is 2. The van der Waals surface area contributed by atoms with Gasteiger partial charge in [-0.1, -0.05) is 30.3 Å². The minimum absolute atomic E-state index is 0.0593. The van der Waals surface area contributed by atoms with E-state index in [1.807, 2.05) is 24.4 Å². The fourth-order valence-electron chi connectivity index (χ4n) is 3.43. The highest BCUT2D eigenvalue weighted by molar-refractivity contribution is 5.86. The number of nitrogens with zero attached hydrogens (tertiary/aromatic N) is 4. The highest BCUT2D eigenvalue weighted by atomic mass is 16.1. The molecule has 0 fully saturated rings. The second-order valence-corrected chi connectivity index (χ2v) is 6.71. The fourth-order valence-corrected chi connectivity index (χ4v) is 3.43. The van der Waals surface area contributed by atoms with E-state index in [1.165, 1.54) is 0 Å². The van der Waals surface area contributed by atoms with Gasteiger partial charge in [-0.25, -0.2) is 4.98 Å². The molecule has 0 bridgehead atoms. The summed E-state index contributed by atoms with van der Waals surface area (Å²) in [6.45, 7) is 0.468. The molecule has 0 atom stereocenters. The van der Waals surface area contributed by atoms with Crippen LogP contribution in [0.25, 0.3) is 32.8 Å². The number of pyridine rings is 2. The molecule has 5 heteroatoms. The fraction of sp³-hybridized carbons (Fsp3) is 0.0435. The van der Waals surface area contributed by atoms with Crippen LogP contribution in [0.3, 0.4) is 0 Å². The molecule has 0 saturated heterocycles. The summed E-state index contributed by atoms with van der Waals surface area (Å²) in [4.78, 5) is 25.3. The van der Waals surface area contributed by atoms with Gasteiger partial charge in [0.15, 0.2) is 0 Å². The standard InChI is InChI=1S/C23H16N4O/c28-23-21-7-9-25-13-22(21)26-15-27(23)14-16-2-1-3-17(10-16)18-4-5-20-12-24-8-6-19(20)11-18/h1-13,15H,14H2. The van der Waals surface area contributed by atoms with E-state index in [1.54, 1.807) is 35.6 Å². The summed E-state index contributed by atoms with van der Waals surface area (Å²) in [6, 6.07) is 18.3. The number of hydrogen-bond acceptors (Lipinski definition) is 4. The van der Waals surface area contributed by atoms with Gasteiger partial charge in [0.25, 0.3) is 5.56 Å². The molecule has 134 valence electrons. The Balaban J connectivity index is 1.52. The Morgan fingerprint density at radius 1 is 0.821 bits per heavy atom. The van der Waals surface area contributed by atoms with Crippen LogP contribution in [0.15, 0.2) is 90.5 Å². The van der Waals surface area contributed by atoms with Crippen molar-refractivity contribution in [2.75, 3.05) is 0 Å². The van der Waals surface area contributed by atoms with Crippen molar-refractivity contribution < 1.29 is 0 Å². The van der Waals surface area contributed by atoms with Gasteiger partial charge in [-0.05, 0) is 46.3 Å². The maximum absolute atomic E-state index is 12.7. The zero-order valence-corrected chi connectivity index (χ0v) is 15.0. The van der Waals surface area contributed by atoms with E-state index < -0.39 is 0 Å². The Kier molecular flexibility index (Phi) is 3.91. The van der Waals surface area contributed by atoms with Crippen molar-refractivity contribution in [2.24, 2.45) is 0 Å². The van der Waals surface area contributed by atoms with Crippen molar-refractivity contribution in [1.29, 1.82) is 0 Å². The Morgan fingerprint density at radius 2 is 1.68 bits per heavy atom. The van der Waals surface area contributed by atoms with Crippen LogP contribution in [-0.4, -0.2) is 19.5 Å². The van der Waals surface area contributed by atoms with Gasteiger partial charge in [-0.2, -0.15) is 0 Å². The van der Waals surface area contributed by atoms with Crippen LogP contribution in [0, 0.1) is 0 Å². The molecule has 5 nitrogen and oxygen atoms in total. The van der Waals surface area contributed by atoms with E-state index >= 15 is 0 Å². The second-order valence-electron chi connectivity index (χ2n) is 6.71. The third kappa shape index (κ3) is 2.93. The van der Waals surface area contributed by atoms with Crippen molar-refractivity contribution >= 4 is 21.7 Å². The van der Waals surface area contributed by atoms with Crippen molar-refractivity contribution in [2.45, 2.75) is 6.54 Å². The Morgan fingerprint density at radius 3 is 2.64 bits per heavy atom. The third-order valence-corrected chi connectivity index (χ3v) is 4.88. The minimum atomic E-state index is -0.0593. The maximum Gasteiger partial charge on any atom is 0.261 e. The first-order chi connectivity index (χ1) is 13.8. The summed E-state index contributed by atoms with van der Waals surface area (Å²) >= 11 is 0. The molecule has 0 aliphatic heterocycles. The molecule has 0 spiro atoms. The van der Waals surface area contributed by atoms with Crippen LogP contribution in [-0.2, 0) is 6.54 Å². The van der Waals surface area contributed by atoms with Gasteiger partial charge in [-0.3, -0.25) is 19.3 Å². The minimum Gasteiger partial charge on any atom is -0.294 e. The van der Waals surface area contributed by atoms with Crippen molar-refractivity contribution in [1.82, 2.24) is 19.5 Å². The SMILES string of the molecule is O=c1c2ccncc2ncn1Cc1cccc(-c2ccc3cnccc3c2)c1. The second kappa shape index (κ2) is 6.70.